The molecule has 0 spiro atoms. The molecule has 7 heteroatoms. The minimum Gasteiger partial charge on any atom is -0.494 e. The van der Waals surface area contributed by atoms with E-state index in [1.54, 1.807) is 18.2 Å². The van der Waals surface area contributed by atoms with Crippen molar-refractivity contribution in [1.82, 2.24) is 5.32 Å². The molecule has 6 nitrogen and oxygen atoms in total. The summed E-state index contributed by atoms with van der Waals surface area (Å²) in [5.74, 6) is 0.570. The maximum absolute atomic E-state index is 10.5. The number of benzene rings is 1. The molecule has 1 aliphatic heterocycles. The van der Waals surface area contributed by atoms with Crippen molar-refractivity contribution in [2.24, 2.45) is 0 Å². The molecule has 1 amide bonds. The Labute approximate surface area is 105 Å². The lowest BCUT2D eigenvalue weighted by molar-refractivity contribution is 0.167. The fourth-order valence-electron chi connectivity index (χ4n) is 2.02. The Kier molecular flexibility index (Phi) is 3.73. The average Bonchev–Trinajstić information content (AvgIpc) is 2.65. The van der Waals surface area contributed by atoms with Crippen LogP contribution in [0.5, 0.6) is 5.75 Å². The second-order valence-corrected chi connectivity index (χ2v) is 3.86. The van der Waals surface area contributed by atoms with Crippen LogP contribution in [0.2, 0.25) is 0 Å². The number of carboxylic acid groups (broad SMARTS) is 1. The van der Waals surface area contributed by atoms with Crippen molar-refractivity contribution in [3.63, 3.8) is 0 Å². The Morgan fingerprint density at radius 1 is 1.61 bits per heavy atom. The van der Waals surface area contributed by atoms with Gasteiger partial charge in [-0.2, -0.15) is 0 Å². The number of rotatable bonds is 4. The molecule has 2 rings (SSSR count). The Hall–Kier alpha value is -1.73. The summed E-state index contributed by atoms with van der Waals surface area (Å²) in [5.41, 5.74) is 1.33. The van der Waals surface area contributed by atoms with Crippen LogP contribution < -0.4 is 15.5 Å². The number of hydrogen-bond donors (Lipinski definition) is 3. The molecule has 96 valence electrons. The smallest absolute Gasteiger partial charge is 0.494 e. The zero-order valence-electron chi connectivity index (χ0n) is 9.92. The van der Waals surface area contributed by atoms with Crippen molar-refractivity contribution in [2.75, 3.05) is 13.2 Å². The summed E-state index contributed by atoms with van der Waals surface area (Å²) >= 11 is 0. The van der Waals surface area contributed by atoms with Crippen molar-refractivity contribution >= 4 is 18.7 Å². The monoisotopic (exact) mass is 251 g/mol. The van der Waals surface area contributed by atoms with Crippen LogP contribution in [0.4, 0.5) is 4.79 Å². The predicted octanol–water partition coefficient (Wildman–Crippen LogP) is 0.112. The molecule has 18 heavy (non-hydrogen) atoms. The summed E-state index contributed by atoms with van der Waals surface area (Å²) in [7, 11) is -1.08. The van der Waals surface area contributed by atoms with E-state index in [2.05, 4.69) is 5.32 Å². The molecule has 0 fully saturated rings. The van der Waals surface area contributed by atoms with Crippen LogP contribution in [-0.2, 0) is 4.65 Å². The van der Waals surface area contributed by atoms with Gasteiger partial charge in [0.1, 0.15) is 5.75 Å². The maximum Gasteiger partial charge on any atom is 0.495 e. The SMILES string of the molecule is CCOc1cccc2c1B(O)OC2CNC(=O)O. The molecule has 0 aliphatic carbocycles. The molecule has 1 atom stereocenters. The Morgan fingerprint density at radius 3 is 3.06 bits per heavy atom. The molecule has 1 unspecified atom stereocenters. The van der Waals surface area contributed by atoms with Gasteiger partial charge in [0.15, 0.2) is 0 Å². The molecule has 0 saturated heterocycles. The van der Waals surface area contributed by atoms with E-state index in [1.165, 1.54) is 0 Å². The Bertz CT molecular complexity index is 453. The first-order valence-corrected chi connectivity index (χ1v) is 5.69. The molecular weight excluding hydrogens is 237 g/mol. The first-order chi connectivity index (χ1) is 8.63. The largest absolute Gasteiger partial charge is 0.495 e. The highest BCUT2D eigenvalue weighted by atomic mass is 16.5. The van der Waals surface area contributed by atoms with Gasteiger partial charge in [0, 0.05) is 12.0 Å². The fraction of sp³-hybridized carbons (Fsp3) is 0.364. The van der Waals surface area contributed by atoms with Crippen LogP contribution in [0.3, 0.4) is 0 Å². The molecule has 1 aromatic carbocycles. The van der Waals surface area contributed by atoms with Crippen LogP contribution in [0.1, 0.15) is 18.6 Å². The third-order valence-electron chi connectivity index (χ3n) is 2.73. The number of amides is 1. The second-order valence-electron chi connectivity index (χ2n) is 3.86. The van der Waals surface area contributed by atoms with Crippen LogP contribution in [0.25, 0.3) is 0 Å². The summed E-state index contributed by atoms with van der Waals surface area (Å²) in [4.78, 5) is 10.5. The zero-order valence-corrected chi connectivity index (χ0v) is 9.92. The lowest BCUT2D eigenvalue weighted by atomic mass is 9.78. The van der Waals surface area contributed by atoms with E-state index in [-0.39, 0.29) is 6.54 Å². The van der Waals surface area contributed by atoms with Gasteiger partial charge in [0.2, 0.25) is 0 Å². The first kappa shape index (κ1) is 12.7. The van der Waals surface area contributed by atoms with Gasteiger partial charge in [0.05, 0.1) is 12.7 Å². The zero-order chi connectivity index (χ0) is 13.1. The van der Waals surface area contributed by atoms with Gasteiger partial charge < -0.3 is 24.8 Å². The highest BCUT2D eigenvalue weighted by Gasteiger charge is 2.37. The van der Waals surface area contributed by atoms with Crippen molar-refractivity contribution in [2.45, 2.75) is 13.0 Å². The predicted molar refractivity (Wildman–Crippen MR) is 65.1 cm³/mol. The molecule has 0 radical (unpaired) electrons. The van der Waals surface area contributed by atoms with Gasteiger partial charge in [-0.15, -0.1) is 0 Å². The summed E-state index contributed by atoms with van der Waals surface area (Å²) < 4.78 is 10.7. The molecular formula is C11H14BNO5. The number of hydrogen-bond acceptors (Lipinski definition) is 4. The molecule has 0 aromatic heterocycles. The third-order valence-corrected chi connectivity index (χ3v) is 2.73. The number of carbonyl (C=O) groups is 1. The van der Waals surface area contributed by atoms with Crippen LogP contribution in [0, 0.1) is 0 Å². The standard InChI is InChI=1S/C11H14BNO5/c1-2-17-8-5-3-4-7-9(6-13-11(14)15)18-12(16)10(7)8/h3-5,9,13,16H,2,6H2,1H3,(H,14,15). The molecule has 1 aliphatic rings. The highest BCUT2D eigenvalue weighted by molar-refractivity contribution is 6.62. The van der Waals surface area contributed by atoms with Crippen LogP contribution in [0.15, 0.2) is 18.2 Å². The maximum atomic E-state index is 10.5. The van der Waals surface area contributed by atoms with E-state index < -0.39 is 19.3 Å². The normalized spacial score (nSPS) is 17.4. The Morgan fingerprint density at radius 2 is 2.39 bits per heavy atom. The van der Waals surface area contributed by atoms with Gasteiger partial charge in [0.25, 0.3) is 0 Å². The van der Waals surface area contributed by atoms with E-state index in [9.17, 15) is 9.82 Å². The average molecular weight is 251 g/mol. The van der Waals surface area contributed by atoms with Crippen molar-refractivity contribution in [1.29, 1.82) is 0 Å². The first-order valence-electron chi connectivity index (χ1n) is 5.69. The highest BCUT2D eigenvalue weighted by Crippen LogP contribution is 2.27. The lowest BCUT2D eigenvalue weighted by Gasteiger charge is -2.12. The van der Waals surface area contributed by atoms with Crippen molar-refractivity contribution in [3.8, 4) is 5.75 Å². The summed E-state index contributed by atoms with van der Waals surface area (Å²) in [5, 5.41) is 20.7. The number of ether oxygens (including phenoxy) is 1. The fourth-order valence-corrected chi connectivity index (χ4v) is 2.02. The number of fused-ring (bicyclic) bond motifs is 1. The minimum absolute atomic E-state index is 0.0922. The van der Waals surface area contributed by atoms with Gasteiger partial charge in [-0.25, -0.2) is 4.79 Å². The Balaban J connectivity index is 2.23. The number of nitrogens with one attached hydrogen (secondary N) is 1. The van der Waals surface area contributed by atoms with Crippen molar-refractivity contribution in [3.05, 3.63) is 23.8 Å². The molecule has 1 aromatic rings. The van der Waals surface area contributed by atoms with E-state index in [4.69, 9.17) is 14.5 Å². The molecule has 0 bridgehead atoms. The topological polar surface area (TPSA) is 88.0 Å². The van der Waals surface area contributed by atoms with E-state index in [0.717, 1.165) is 5.56 Å². The summed E-state index contributed by atoms with van der Waals surface area (Å²) in [6.45, 7) is 2.43. The van der Waals surface area contributed by atoms with Gasteiger partial charge in [-0.1, -0.05) is 12.1 Å². The lowest BCUT2D eigenvalue weighted by Crippen LogP contribution is -2.30. The van der Waals surface area contributed by atoms with Crippen LogP contribution >= 0.6 is 0 Å². The molecule has 3 N–H and O–H groups in total. The minimum atomic E-state index is -1.12. The molecule has 0 saturated carbocycles. The summed E-state index contributed by atoms with van der Waals surface area (Å²) in [6.07, 6.45) is -1.62. The van der Waals surface area contributed by atoms with Crippen LogP contribution in [-0.4, -0.2) is 36.5 Å². The van der Waals surface area contributed by atoms with Gasteiger partial charge in [-0.3, -0.25) is 0 Å². The van der Waals surface area contributed by atoms with E-state index >= 15 is 0 Å². The quantitative estimate of drug-likeness (QED) is 0.661. The van der Waals surface area contributed by atoms with E-state index in [0.29, 0.717) is 17.8 Å². The van der Waals surface area contributed by atoms with Gasteiger partial charge in [-0.05, 0) is 18.6 Å². The second kappa shape index (κ2) is 5.28. The molecule has 1 heterocycles. The van der Waals surface area contributed by atoms with Crippen molar-refractivity contribution < 1.29 is 24.3 Å². The van der Waals surface area contributed by atoms with E-state index in [1.807, 2.05) is 6.92 Å². The summed E-state index contributed by atoms with van der Waals surface area (Å²) in [6, 6.07) is 5.34. The third kappa shape index (κ3) is 2.41. The van der Waals surface area contributed by atoms with Gasteiger partial charge >= 0.3 is 13.2 Å².